The predicted molar refractivity (Wildman–Crippen MR) is 84.2 cm³/mol. The van der Waals surface area contributed by atoms with Gasteiger partial charge in [-0.2, -0.15) is 0 Å². The highest BCUT2D eigenvalue weighted by atomic mass is 32.2. The van der Waals surface area contributed by atoms with Crippen molar-refractivity contribution >= 4 is 35.0 Å². The van der Waals surface area contributed by atoms with Crippen LogP contribution in [0.25, 0.3) is 0 Å². The maximum atomic E-state index is 11.4. The molecule has 0 saturated heterocycles. The van der Waals surface area contributed by atoms with Crippen LogP contribution in [-0.2, 0) is 4.79 Å². The van der Waals surface area contributed by atoms with Crippen molar-refractivity contribution in [3.05, 3.63) is 48.0 Å². The van der Waals surface area contributed by atoms with Gasteiger partial charge in [-0.3, -0.25) is 9.59 Å². The van der Waals surface area contributed by atoms with E-state index in [4.69, 9.17) is 11.5 Å². The third-order valence-electron chi connectivity index (χ3n) is 2.67. The molecule has 0 unspecified atom stereocenters. The Hall–Kier alpha value is -2.47. The molecule has 5 N–H and O–H groups in total. The number of nitrogens with one attached hydrogen (secondary N) is 1. The second-order valence-corrected chi connectivity index (χ2v) is 5.54. The van der Waals surface area contributed by atoms with Crippen molar-refractivity contribution in [2.24, 2.45) is 5.73 Å². The first-order valence-corrected chi connectivity index (χ1v) is 7.02. The van der Waals surface area contributed by atoms with E-state index in [1.54, 1.807) is 30.3 Å². The van der Waals surface area contributed by atoms with Gasteiger partial charge in [-0.05, 0) is 42.5 Å². The van der Waals surface area contributed by atoms with E-state index in [2.05, 4.69) is 5.32 Å². The number of benzene rings is 2. The fraction of sp³-hybridized carbons (Fsp3) is 0.0667. The Balaban J connectivity index is 2.23. The molecule has 0 atom stereocenters. The summed E-state index contributed by atoms with van der Waals surface area (Å²) in [5.74, 6) is -0.616. The van der Waals surface area contributed by atoms with Gasteiger partial charge >= 0.3 is 0 Å². The molecule has 0 aromatic heterocycles. The Morgan fingerprint density at radius 1 is 1.10 bits per heavy atom. The molecule has 2 amide bonds. The molecule has 0 bridgehead atoms. The first kappa shape index (κ1) is 14.9. The molecule has 21 heavy (non-hydrogen) atoms. The third-order valence-corrected chi connectivity index (χ3v) is 3.74. The molecule has 0 fully saturated rings. The van der Waals surface area contributed by atoms with Gasteiger partial charge in [-0.25, -0.2) is 0 Å². The quantitative estimate of drug-likeness (QED) is 0.755. The number of amides is 2. The topological polar surface area (TPSA) is 98.2 Å². The van der Waals surface area contributed by atoms with Crippen molar-refractivity contribution in [3.63, 3.8) is 0 Å². The summed E-state index contributed by atoms with van der Waals surface area (Å²) in [6.45, 7) is 1.45. The van der Waals surface area contributed by atoms with Crippen molar-refractivity contribution in [2.75, 3.05) is 11.1 Å². The molecule has 2 rings (SSSR count). The first-order chi connectivity index (χ1) is 9.95. The van der Waals surface area contributed by atoms with Crippen LogP contribution in [0.1, 0.15) is 17.3 Å². The summed E-state index contributed by atoms with van der Waals surface area (Å²) in [4.78, 5) is 24.0. The number of hydrogen-bond donors (Lipinski definition) is 3. The van der Waals surface area contributed by atoms with Gasteiger partial charge in [-0.15, -0.1) is 0 Å². The average molecular weight is 301 g/mol. The Morgan fingerprint density at radius 2 is 1.76 bits per heavy atom. The number of carbonyl (C=O) groups is 2. The molecule has 5 nitrogen and oxygen atoms in total. The molecule has 0 aliphatic rings. The van der Waals surface area contributed by atoms with Gasteiger partial charge in [0, 0.05) is 28.1 Å². The molecule has 0 heterocycles. The van der Waals surface area contributed by atoms with Gasteiger partial charge in [0.1, 0.15) is 0 Å². The molecule has 0 saturated carbocycles. The third kappa shape index (κ3) is 4.00. The van der Waals surface area contributed by atoms with Gasteiger partial charge in [0.25, 0.3) is 0 Å². The Labute approximate surface area is 126 Å². The van der Waals surface area contributed by atoms with E-state index in [1.807, 2.05) is 12.1 Å². The summed E-state index contributed by atoms with van der Waals surface area (Å²) in [5.41, 5.74) is 12.8. The van der Waals surface area contributed by atoms with Gasteiger partial charge < -0.3 is 16.8 Å². The van der Waals surface area contributed by atoms with E-state index in [-0.39, 0.29) is 5.91 Å². The maximum Gasteiger partial charge on any atom is 0.249 e. The second kappa shape index (κ2) is 6.32. The van der Waals surface area contributed by atoms with Crippen LogP contribution in [0.15, 0.2) is 52.3 Å². The van der Waals surface area contributed by atoms with E-state index in [9.17, 15) is 9.59 Å². The minimum atomic E-state index is -0.493. The second-order valence-electron chi connectivity index (χ2n) is 4.43. The van der Waals surface area contributed by atoms with Crippen LogP contribution in [0.3, 0.4) is 0 Å². The normalized spacial score (nSPS) is 10.1. The van der Waals surface area contributed by atoms with Crippen molar-refractivity contribution in [1.29, 1.82) is 0 Å². The van der Waals surface area contributed by atoms with E-state index in [0.29, 0.717) is 16.1 Å². The lowest BCUT2D eigenvalue weighted by Gasteiger charge is -2.08. The zero-order valence-corrected chi connectivity index (χ0v) is 12.2. The zero-order chi connectivity index (χ0) is 15.4. The molecule has 0 aliphatic heterocycles. The van der Waals surface area contributed by atoms with Gasteiger partial charge in [0.2, 0.25) is 11.8 Å². The van der Waals surface area contributed by atoms with Crippen molar-refractivity contribution in [2.45, 2.75) is 16.7 Å². The number of rotatable bonds is 4. The van der Waals surface area contributed by atoms with Crippen molar-refractivity contribution in [1.82, 2.24) is 0 Å². The lowest BCUT2D eigenvalue weighted by atomic mass is 10.2. The highest BCUT2D eigenvalue weighted by Gasteiger charge is 2.10. The SMILES string of the molecule is CC(=O)Nc1ccc(Sc2cc(N)ccc2C(N)=O)cc1. The average Bonchev–Trinajstić information content (AvgIpc) is 2.40. The number of anilines is 2. The number of hydrogen-bond acceptors (Lipinski definition) is 4. The minimum Gasteiger partial charge on any atom is -0.399 e. The largest absolute Gasteiger partial charge is 0.399 e. The maximum absolute atomic E-state index is 11.4. The highest BCUT2D eigenvalue weighted by Crippen LogP contribution is 2.32. The van der Waals surface area contributed by atoms with Crippen LogP contribution in [0.4, 0.5) is 11.4 Å². The molecule has 108 valence electrons. The van der Waals surface area contributed by atoms with E-state index in [1.165, 1.54) is 18.7 Å². The standard InChI is InChI=1S/C15H15N3O2S/c1-9(19)18-11-3-5-12(6-4-11)21-14-8-10(16)2-7-13(14)15(17)20/h2-8H,16H2,1H3,(H2,17,20)(H,18,19). The molecule has 0 aliphatic carbocycles. The lowest BCUT2D eigenvalue weighted by molar-refractivity contribution is -0.114. The summed E-state index contributed by atoms with van der Waals surface area (Å²) in [7, 11) is 0. The molecule has 6 heteroatoms. The highest BCUT2D eigenvalue weighted by molar-refractivity contribution is 7.99. The molecule has 2 aromatic carbocycles. The number of nitrogen functional groups attached to an aromatic ring is 1. The van der Waals surface area contributed by atoms with E-state index in [0.717, 1.165) is 10.6 Å². The number of primary amides is 1. The van der Waals surface area contributed by atoms with Gasteiger partial charge in [0.05, 0.1) is 5.56 Å². The molecule has 0 radical (unpaired) electrons. The van der Waals surface area contributed by atoms with Gasteiger partial charge in [0.15, 0.2) is 0 Å². The smallest absolute Gasteiger partial charge is 0.249 e. The van der Waals surface area contributed by atoms with E-state index < -0.39 is 5.91 Å². The molecular weight excluding hydrogens is 286 g/mol. The van der Waals surface area contributed by atoms with Crippen LogP contribution in [-0.4, -0.2) is 11.8 Å². The van der Waals surface area contributed by atoms with Crippen LogP contribution >= 0.6 is 11.8 Å². The summed E-state index contributed by atoms with van der Waals surface area (Å²) in [6.07, 6.45) is 0. The van der Waals surface area contributed by atoms with E-state index >= 15 is 0 Å². The van der Waals surface area contributed by atoms with Crippen LogP contribution in [0.5, 0.6) is 0 Å². The zero-order valence-electron chi connectivity index (χ0n) is 11.4. The number of nitrogens with two attached hydrogens (primary N) is 2. The van der Waals surface area contributed by atoms with Crippen LogP contribution < -0.4 is 16.8 Å². The Kier molecular flexibility index (Phi) is 4.49. The molecule has 0 spiro atoms. The Bertz CT molecular complexity index is 684. The summed E-state index contributed by atoms with van der Waals surface area (Å²) in [5, 5.41) is 2.69. The van der Waals surface area contributed by atoms with Gasteiger partial charge in [-0.1, -0.05) is 11.8 Å². The fourth-order valence-electron chi connectivity index (χ4n) is 1.76. The van der Waals surface area contributed by atoms with Crippen molar-refractivity contribution < 1.29 is 9.59 Å². The monoisotopic (exact) mass is 301 g/mol. The fourth-order valence-corrected chi connectivity index (χ4v) is 2.76. The lowest BCUT2D eigenvalue weighted by Crippen LogP contribution is -2.12. The summed E-state index contributed by atoms with van der Waals surface area (Å²) in [6, 6.07) is 12.3. The molecular formula is C15H15N3O2S. The van der Waals surface area contributed by atoms with Crippen LogP contribution in [0.2, 0.25) is 0 Å². The molecule has 2 aromatic rings. The first-order valence-electron chi connectivity index (χ1n) is 6.20. The van der Waals surface area contributed by atoms with Crippen LogP contribution in [0, 0.1) is 0 Å². The van der Waals surface area contributed by atoms with Crippen molar-refractivity contribution in [3.8, 4) is 0 Å². The Morgan fingerprint density at radius 3 is 2.33 bits per heavy atom. The summed E-state index contributed by atoms with van der Waals surface area (Å²) < 4.78 is 0. The number of carbonyl (C=O) groups excluding carboxylic acids is 2. The predicted octanol–water partition coefficient (Wildman–Crippen LogP) is 2.48. The summed E-state index contributed by atoms with van der Waals surface area (Å²) >= 11 is 1.39. The minimum absolute atomic E-state index is 0.123.